The summed E-state index contributed by atoms with van der Waals surface area (Å²) in [5, 5.41) is 0.689. The molecule has 1 aliphatic heterocycles. The van der Waals surface area contributed by atoms with Crippen molar-refractivity contribution in [1.82, 2.24) is 0 Å². The second-order valence-electron chi connectivity index (χ2n) is 5.85. The Morgan fingerprint density at radius 1 is 1.22 bits per heavy atom. The molecule has 0 spiro atoms. The Labute approximate surface area is 141 Å². The van der Waals surface area contributed by atoms with Crippen LogP contribution in [0.15, 0.2) is 48.5 Å². The monoisotopic (exact) mass is 329 g/mol. The summed E-state index contributed by atoms with van der Waals surface area (Å²) in [5.41, 5.74) is 2.31. The molecule has 4 heteroatoms. The van der Waals surface area contributed by atoms with Crippen molar-refractivity contribution in [2.24, 2.45) is 0 Å². The zero-order valence-corrected chi connectivity index (χ0v) is 13.9. The first-order valence-electron chi connectivity index (χ1n) is 7.93. The minimum Gasteiger partial charge on any atom is -0.494 e. The van der Waals surface area contributed by atoms with E-state index in [4.69, 9.17) is 16.3 Å². The van der Waals surface area contributed by atoms with Gasteiger partial charge in [0.15, 0.2) is 0 Å². The van der Waals surface area contributed by atoms with Gasteiger partial charge < -0.3 is 9.64 Å². The first-order chi connectivity index (χ1) is 11.1. The lowest BCUT2D eigenvalue weighted by Crippen LogP contribution is -2.35. The first kappa shape index (κ1) is 15.9. The highest BCUT2D eigenvalue weighted by Gasteiger charge is 2.29. The molecule has 120 valence electrons. The number of rotatable bonds is 5. The van der Waals surface area contributed by atoms with E-state index in [0.29, 0.717) is 24.5 Å². The molecule has 3 rings (SSSR count). The smallest absolute Gasteiger partial charge is 0.227 e. The third kappa shape index (κ3) is 3.67. The Kier molecular flexibility index (Phi) is 4.87. The van der Waals surface area contributed by atoms with Crippen molar-refractivity contribution in [3.8, 4) is 5.75 Å². The number of hydrogen-bond acceptors (Lipinski definition) is 2. The molecule has 0 fully saturated rings. The average Bonchev–Trinajstić information content (AvgIpc) is 2.89. The number of anilines is 1. The Balaban J connectivity index is 1.51. The van der Waals surface area contributed by atoms with Crippen molar-refractivity contribution in [3.05, 3.63) is 59.1 Å². The van der Waals surface area contributed by atoms with Crippen LogP contribution in [-0.2, 0) is 11.2 Å². The first-order valence-corrected chi connectivity index (χ1v) is 8.31. The van der Waals surface area contributed by atoms with E-state index in [1.165, 1.54) is 5.56 Å². The van der Waals surface area contributed by atoms with Gasteiger partial charge in [-0.3, -0.25) is 4.79 Å². The molecule has 1 heterocycles. The maximum Gasteiger partial charge on any atom is 0.227 e. The Morgan fingerprint density at radius 3 is 2.74 bits per heavy atom. The van der Waals surface area contributed by atoms with Gasteiger partial charge in [0.25, 0.3) is 0 Å². The molecule has 0 bridgehead atoms. The van der Waals surface area contributed by atoms with Crippen LogP contribution < -0.4 is 9.64 Å². The van der Waals surface area contributed by atoms with E-state index in [1.54, 1.807) is 12.1 Å². The molecule has 1 aliphatic rings. The van der Waals surface area contributed by atoms with Gasteiger partial charge in [0.2, 0.25) is 5.91 Å². The average molecular weight is 330 g/mol. The number of halogens is 1. The SMILES string of the molecule is C[C@H]1Cc2ccccc2N1C(=O)CCCOc1ccc(Cl)cc1. The Hall–Kier alpha value is -2.00. The summed E-state index contributed by atoms with van der Waals surface area (Å²) in [6.45, 7) is 2.62. The van der Waals surface area contributed by atoms with Crippen LogP contribution in [0.25, 0.3) is 0 Å². The van der Waals surface area contributed by atoms with Crippen LogP contribution >= 0.6 is 11.6 Å². The van der Waals surface area contributed by atoms with Gasteiger partial charge in [0.1, 0.15) is 5.75 Å². The molecule has 1 amide bonds. The molecule has 3 nitrogen and oxygen atoms in total. The van der Waals surface area contributed by atoms with Crippen LogP contribution in [0, 0.1) is 0 Å². The van der Waals surface area contributed by atoms with Gasteiger partial charge in [-0.05, 0) is 55.7 Å². The number of ether oxygens (including phenoxy) is 1. The van der Waals surface area contributed by atoms with Crippen molar-refractivity contribution in [1.29, 1.82) is 0 Å². The van der Waals surface area contributed by atoms with Crippen LogP contribution in [0.4, 0.5) is 5.69 Å². The van der Waals surface area contributed by atoms with Gasteiger partial charge in [0, 0.05) is 23.2 Å². The number of carbonyl (C=O) groups excluding carboxylic acids is 1. The fraction of sp³-hybridized carbons (Fsp3) is 0.316. The maximum atomic E-state index is 12.5. The number of benzene rings is 2. The van der Waals surface area contributed by atoms with Gasteiger partial charge in [-0.25, -0.2) is 0 Å². The van der Waals surface area contributed by atoms with Crippen LogP contribution in [0.3, 0.4) is 0 Å². The molecule has 0 N–H and O–H groups in total. The number of para-hydroxylation sites is 1. The fourth-order valence-electron chi connectivity index (χ4n) is 3.01. The van der Waals surface area contributed by atoms with E-state index in [2.05, 4.69) is 13.0 Å². The number of fused-ring (bicyclic) bond motifs is 1. The summed E-state index contributed by atoms with van der Waals surface area (Å²) in [5.74, 6) is 0.948. The standard InChI is InChI=1S/C19H20ClNO2/c1-14-13-15-5-2-3-6-18(15)21(14)19(22)7-4-12-23-17-10-8-16(20)9-11-17/h2-3,5-6,8-11,14H,4,7,12-13H2,1H3/t14-/m0/s1. The summed E-state index contributed by atoms with van der Waals surface area (Å²) >= 11 is 5.84. The Bertz CT molecular complexity index is 684. The summed E-state index contributed by atoms with van der Waals surface area (Å²) < 4.78 is 5.64. The van der Waals surface area contributed by atoms with Gasteiger partial charge in [-0.1, -0.05) is 29.8 Å². The summed E-state index contributed by atoms with van der Waals surface area (Å²) in [6.07, 6.45) is 2.13. The van der Waals surface area contributed by atoms with Crippen molar-refractivity contribution in [2.45, 2.75) is 32.2 Å². The minimum atomic E-state index is 0.169. The topological polar surface area (TPSA) is 29.5 Å². The third-order valence-corrected chi connectivity index (χ3v) is 4.35. The van der Waals surface area contributed by atoms with Crippen molar-refractivity contribution in [3.63, 3.8) is 0 Å². The number of nitrogens with zero attached hydrogens (tertiary/aromatic N) is 1. The van der Waals surface area contributed by atoms with E-state index in [9.17, 15) is 4.79 Å². The highest BCUT2D eigenvalue weighted by Crippen LogP contribution is 2.32. The van der Waals surface area contributed by atoms with E-state index in [0.717, 1.165) is 17.9 Å². The normalized spacial score (nSPS) is 16.3. The number of hydrogen-bond donors (Lipinski definition) is 0. The molecule has 0 saturated carbocycles. The van der Waals surface area contributed by atoms with Gasteiger partial charge in [0.05, 0.1) is 6.61 Å². The molecule has 0 aromatic heterocycles. The second-order valence-corrected chi connectivity index (χ2v) is 6.29. The number of carbonyl (C=O) groups is 1. The van der Waals surface area contributed by atoms with Gasteiger partial charge in [-0.15, -0.1) is 0 Å². The van der Waals surface area contributed by atoms with E-state index >= 15 is 0 Å². The maximum absolute atomic E-state index is 12.5. The molecule has 0 aliphatic carbocycles. The molecular formula is C19H20ClNO2. The van der Waals surface area contributed by atoms with Crippen molar-refractivity contribution >= 4 is 23.2 Å². The summed E-state index contributed by atoms with van der Waals surface area (Å²) in [6, 6.07) is 15.6. The molecule has 2 aromatic carbocycles. The lowest BCUT2D eigenvalue weighted by Gasteiger charge is -2.22. The second kappa shape index (κ2) is 7.05. The predicted octanol–water partition coefficient (Wildman–Crippen LogP) is 4.48. The zero-order valence-electron chi connectivity index (χ0n) is 13.2. The molecular weight excluding hydrogens is 310 g/mol. The lowest BCUT2D eigenvalue weighted by molar-refractivity contribution is -0.119. The number of amides is 1. The molecule has 0 saturated heterocycles. The minimum absolute atomic E-state index is 0.169. The van der Waals surface area contributed by atoms with Gasteiger partial charge in [-0.2, -0.15) is 0 Å². The fourth-order valence-corrected chi connectivity index (χ4v) is 3.14. The third-order valence-electron chi connectivity index (χ3n) is 4.09. The summed E-state index contributed by atoms with van der Waals surface area (Å²) in [4.78, 5) is 14.5. The van der Waals surface area contributed by atoms with Crippen LogP contribution in [0.2, 0.25) is 5.02 Å². The zero-order chi connectivity index (χ0) is 16.2. The van der Waals surface area contributed by atoms with Crippen LogP contribution in [0.5, 0.6) is 5.75 Å². The molecule has 0 radical (unpaired) electrons. The van der Waals surface area contributed by atoms with Crippen molar-refractivity contribution < 1.29 is 9.53 Å². The lowest BCUT2D eigenvalue weighted by atomic mass is 10.1. The molecule has 1 atom stereocenters. The van der Waals surface area contributed by atoms with Crippen LogP contribution in [-0.4, -0.2) is 18.6 Å². The largest absolute Gasteiger partial charge is 0.494 e. The van der Waals surface area contributed by atoms with E-state index < -0.39 is 0 Å². The van der Waals surface area contributed by atoms with Gasteiger partial charge >= 0.3 is 0 Å². The molecule has 2 aromatic rings. The molecule has 23 heavy (non-hydrogen) atoms. The molecule has 0 unspecified atom stereocenters. The van der Waals surface area contributed by atoms with E-state index in [1.807, 2.05) is 35.2 Å². The quantitative estimate of drug-likeness (QED) is 0.757. The van der Waals surface area contributed by atoms with Crippen molar-refractivity contribution in [2.75, 3.05) is 11.5 Å². The highest BCUT2D eigenvalue weighted by atomic mass is 35.5. The predicted molar refractivity (Wildman–Crippen MR) is 93.3 cm³/mol. The van der Waals surface area contributed by atoms with Crippen LogP contribution in [0.1, 0.15) is 25.3 Å². The Morgan fingerprint density at radius 2 is 1.96 bits per heavy atom. The van der Waals surface area contributed by atoms with E-state index in [-0.39, 0.29) is 11.9 Å². The summed E-state index contributed by atoms with van der Waals surface area (Å²) in [7, 11) is 0. The highest BCUT2D eigenvalue weighted by molar-refractivity contribution is 6.30.